The van der Waals surface area contributed by atoms with E-state index in [4.69, 9.17) is 15.4 Å². The van der Waals surface area contributed by atoms with Crippen LogP contribution >= 0.6 is 10.7 Å². The normalized spacial score (nSPS) is 11.1. The molecule has 0 heterocycles. The monoisotopic (exact) mass is 248 g/mol. The Balaban J connectivity index is 3.54. The van der Waals surface area contributed by atoms with Crippen LogP contribution in [0.3, 0.4) is 0 Å². The summed E-state index contributed by atoms with van der Waals surface area (Å²) in [7, 11) is 2.71. The molecule has 1 aromatic rings. The lowest BCUT2D eigenvalue weighted by molar-refractivity contribution is 0.112. The highest BCUT2D eigenvalue weighted by molar-refractivity contribution is 8.13. The number of halogens is 1. The number of hydrogen-bond donors (Lipinski definition) is 0. The Bertz CT molecular complexity index is 493. The summed E-state index contributed by atoms with van der Waals surface area (Å²) in [4.78, 5) is 10.5. The van der Waals surface area contributed by atoms with Gasteiger partial charge in [-0.25, -0.2) is 8.42 Å². The van der Waals surface area contributed by atoms with Gasteiger partial charge >= 0.3 is 0 Å². The molecule has 0 aliphatic heterocycles. The van der Waals surface area contributed by atoms with Crippen LogP contribution in [-0.2, 0) is 9.05 Å². The smallest absolute Gasteiger partial charge is 0.261 e. The minimum Gasteiger partial charge on any atom is -0.496 e. The Hall–Kier alpha value is -1.07. The average molecular weight is 249 g/mol. The highest BCUT2D eigenvalue weighted by Gasteiger charge is 2.15. The van der Waals surface area contributed by atoms with E-state index in [1.54, 1.807) is 6.92 Å². The quantitative estimate of drug-likeness (QED) is 0.604. The first-order valence-corrected chi connectivity index (χ1v) is 6.29. The van der Waals surface area contributed by atoms with Gasteiger partial charge in [-0.1, -0.05) is 0 Å². The molecule has 0 aromatic heterocycles. The highest BCUT2D eigenvalue weighted by atomic mass is 35.7. The number of ether oxygens (including phenoxy) is 1. The molecule has 1 rings (SSSR count). The maximum Gasteiger partial charge on any atom is 0.261 e. The molecule has 1 aromatic carbocycles. The van der Waals surface area contributed by atoms with E-state index in [1.165, 1.54) is 19.2 Å². The van der Waals surface area contributed by atoms with Gasteiger partial charge < -0.3 is 4.74 Å². The fourth-order valence-corrected chi connectivity index (χ4v) is 1.94. The largest absolute Gasteiger partial charge is 0.496 e. The summed E-state index contributed by atoms with van der Waals surface area (Å²) in [5.74, 6) is 0.318. The van der Waals surface area contributed by atoms with Crippen molar-refractivity contribution < 1.29 is 17.9 Å². The second-order valence-corrected chi connectivity index (χ2v) is 5.46. The van der Waals surface area contributed by atoms with Crippen molar-refractivity contribution in [2.24, 2.45) is 0 Å². The maximum absolute atomic E-state index is 11.1. The van der Waals surface area contributed by atoms with Crippen LogP contribution in [0, 0.1) is 6.92 Å². The zero-order chi connectivity index (χ0) is 11.6. The van der Waals surface area contributed by atoms with Gasteiger partial charge in [0.05, 0.1) is 12.0 Å². The van der Waals surface area contributed by atoms with Crippen molar-refractivity contribution in [2.45, 2.75) is 11.8 Å². The highest BCUT2D eigenvalue weighted by Crippen LogP contribution is 2.27. The van der Waals surface area contributed by atoms with Crippen molar-refractivity contribution in [2.75, 3.05) is 7.11 Å². The van der Waals surface area contributed by atoms with Crippen LogP contribution < -0.4 is 4.74 Å². The molecular formula is C9H9ClO4S. The van der Waals surface area contributed by atoms with Gasteiger partial charge in [-0.15, -0.1) is 0 Å². The third-order valence-corrected chi connectivity index (χ3v) is 3.34. The number of rotatable bonds is 3. The Morgan fingerprint density at radius 2 is 2.00 bits per heavy atom. The average Bonchev–Trinajstić information content (AvgIpc) is 2.16. The fourth-order valence-electron chi connectivity index (χ4n) is 1.16. The molecule has 0 spiro atoms. The van der Waals surface area contributed by atoms with Crippen molar-refractivity contribution in [3.05, 3.63) is 23.3 Å². The van der Waals surface area contributed by atoms with Crippen molar-refractivity contribution in [1.82, 2.24) is 0 Å². The van der Waals surface area contributed by atoms with Gasteiger partial charge in [0, 0.05) is 27.9 Å². The van der Waals surface area contributed by atoms with Gasteiger partial charge in [0.2, 0.25) is 0 Å². The number of carbonyl (C=O) groups excluding carboxylic acids is 1. The molecule has 0 amide bonds. The predicted octanol–water partition coefficient (Wildman–Crippen LogP) is 1.74. The van der Waals surface area contributed by atoms with Crippen LogP contribution in [0.4, 0.5) is 0 Å². The van der Waals surface area contributed by atoms with Crippen LogP contribution in [0.25, 0.3) is 0 Å². The van der Waals surface area contributed by atoms with E-state index in [9.17, 15) is 13.2 Å². The molecule has 0 saturated carbocycles. The van der Waals surface area contributed by atoms with Crippen molar-refractivity contribution in [3.8, 4) is 5.75 Å². The van der Waals surface area contributed by atoms with E-state index < -0.39 is 9.05 Å². The van der Waals surface area contributed by atoms with Gasteiger partial charge in [0.15, 0.2) is 0 Å². The molecule has 4 nitrogen and oxygen atoms in total. The molecule has 0 saturated heterocycles. The number of methoxy groups -OCH3 is 1. The summed E-state index contributed by atoms with van der Waals surface area (Å²) < 4.78 is 27.1. The molecule has 0 radical (unpaired) electrons. The Morgan fingerprint density at radius 3 is 2.40 bits per heavy atom. The lowest BCUT2D eigenvalue weighted by Gasteiger charge is -2.08. The Morgan fingerprint density at radius 1 is 1.40 bits per heavy atom. The van der Waals surface area contributed by atoms with E-state index in [2.05, 4.69) is 0 Å². The van der Waals surface area contributed by atoms with E-state index in [-0.39, 0.29) is 10.5 Å². The van der Waals surface area contributed by atoms with Crippen molar-refractivity contribution >= 4 is 26.0 Å². The summed E-state index contributed by atoms with van der Waals surface area (Å²) in [5, 5.41) is 0. The first kappa shape index (κ1) is 12.0. The molecule has 0 unspecified atom stereocenters. The standard InChI is InChI=1S/C9H9ClO4S/c1-6-7(5-11)3-8(15(10,12)13)4-9(6)14-2/h3-5H,1-2H3. The number of hydrogen-bond acceptors (Lipinski definition) is 4. The van der Waals surface area contributed by atoms with Crippen molar-refractivity contribution in [3.63, 3.8) is 0 Å². The first-order chi connectivity index (χ1) is 6.90. The molecule has 6 heteroatoms. The number of aldehydes is 1. The van der Waals surface area contributed by atoms with Crippen LogP contribution in [0.5, 0.6) is 5.75 Å². The van der Waals surface area contributed by atoms with Crippen LogP contribution in [0.1, 0.15) is 15.9 Å². The SMILES string of the molecule is COc1cc(S(=O)(=O)Cl)cc(C=O)c1C. The van der Waals surface area contributed by atoms with Gasteiger partial charge in [-0.05, 0) is 13.0 Å². The van der Waals surface area contributed by atoms with E-state index in [1.807, 2.05) is 0 Å². The van der Waals surface area contributed by atoms with Gasteiger partial charge in [0.25, 0.3) is 9.05 Å². The summed E-state index contributed by atoms with van der Waals surface area (Å²) >= 11 is 0. The summed E-state index contributed by atoms with van der Waals surface area (Å²) in [6.45, 7) is 1.66. The van der Waals surface area contributed by atoms with Gasteiger partial charge in [-0.3, -0.25) is 4.79 Å². The summed E-state index contributed by atoms with van der Waals surface area (Å²) in [6.07, 6.45) is 0.559. The summed E-state index contributed by atoms with van der Waals surface area (Å²) in [5.41, 5.74) is 0.824. The maximum atomic E-state index is 11.1. The molecule has 0 aliphatic carbocycles. The lowest BCUT2D eigenvalue weighted by atomic mass is 10.1. The van der Waals surface area contributed by atoms with E-state index in [0.29, 0.717) is 17.6 Å². The topological polar surface area (TPSA) is 60.4 Å². The minimum atomic E-state index is -3.85. The molecule has 0 aliphatic rings. The lowest BCUT2D eigenvalue weighted by Crippen LogP contribution is -1.98. The molecule has 0 fully saturated rings. The second kappa shape index (κ2) is 4.20. The summed E-state index contributed by atoms with van der Waals surface area (Å²) in [6, 6.07) is 2.50. The molecule has 0 N–H and O–H groups in total. The molecule has 0 atom stereocenters. The third-order valence-electron chi connectivity index (χ3n) is 2.00. The molecule has 0 bridgehead atoms. The molecule has 82 valence electrons. The molecular weight excluding hydrogens is 240 g/mol. The number of carbonyl (C=O) groups is 1. The zero-order valence-corrected chi connectivity index (χ0v) is 9.72. The minimum absolute atomic E-state index is 0.145. The predicted molar refractivity (Wildman–Crippen MR) is 56.2 cm³/mol. The van der Waals surface area contributed by atoms with Crippen molar-refractivity contribution in [1.29, 1.82) is 0 Å². The Kier molecular flexibility index (Phi) is 3.36. The zero-order valence-electron chi connectivity index (χ0n) is 8.15. The third kappa shape index (κ3) is 2.49. The van der Waals surface area contributed by atoms with E-state index >= 15 is 0 Å². The first-order valence-electron chi connectivity index (χ1n) is 3.98. The fraction of sp³-hybridized carbons (Fsp3) is 0.222. The second-order valence-electron chi connectivity index (χ2n) is 2.90. The molecule has 15 heavy (non-hydrogen) atoms. The van der Waals surface area contributed by atoms with Crippen LogP contribution in [0.2, 0.25) is 0 Å². The van der Waals surface area contributed by atoms with Crippen LogP contribution in [-0.4, -0.2) is 21.8 Å². The van der Waals surface area contributed by atoms with Gasteiger partial charge in [-0.2, -0.15) is 0 Å². The van der Waals surface area contributed by atoms with Crippen LogP contribution in [0.15, 0.2) is 17.0 Å². The number of benzene rings is 1. The van der Waals surface area contributed by atoms with E-state index in [0.717, 1.165) is 0 Å². The Labute approximate surface area is 92.2 Å². The van der Waals surface area contributed by atoms with Gasteiger partial charge in [0.1, 0.15) is 12.0 Å².